The van der Waals surface area contributed by atoms with Crippen molar-refractivity contribution >= 4 is 17.6 Å². The average molecular weight is 253 g/mol. The van der Waals surface area contributed by atoms with Gasteiger partial charge in [0.15, 0.2) is 0 Å². The Morgan fingerprint density at radius 2 is 2.35 bits per heavy atom. The zero-order valence-corrected chi connectivity index (χ0v) is 9.44. The topological polar surface area (TPSA) is 75.2 Å². The van der Waals surface area contributed by atoms with Gasteiger partial charge in [0.05, 0.1) is 6.20 Å². The van der Waals surface area contributed by atoms with Crippen LogP contribution in [0.2, 0.25) is 5.02 Å². The lowest BCUT2D eigenvalue weighted by Crippen LogP contribution is -2.04. The van der Waals surface area contributed by atoms with Crippen molar-refractivity contribution in [1.29, 1.82) is 0 Å². The van der Waals surface area contributed by atoms with Crippen LogP contribution in [0.25, 0.3) is 0 Å². The number of ether oxygens (including phenoxy) is 1. The second kappa shape index (κ2) is 4.88. The molecule has 1 aromatic carbocycles. The Labute approximate surface area is 102 Å². The molecule has 0 amide bonds. The zero-order valence-electron chi connectivity index (χ0n) is 8.68. The second-order valence-corrected chi connectivity index (χ2v) is 3.76. The van der Waals surface area contributed by atoms with Crippen LogP contribution in [0.5, 0.6) is 5.75 Å². The molecule has 2 rings (SSSR count). The number of halogens is 1. The molecule has 0 fully saturated rings. The van der Waals surface area contributed by atoms with Gasteiger partial charge in [-0.15, -0.1) is 0 Å². The van der Waals surface area contributed by atoms with E-state index in [0.29, 0.717) is 16.3 Å². The summed E-state index contributed by atoms with van der Waals surface area (Å²) in [7, 11) is 0. The van der Waals surface area contributed by atoms with E-state index >= 15 is 0 Å². The predicted molar refractivity (Wildman–Crippen MR) is 61.3 cm³/mol. The quantitative estimate of drug-likeness (QED) is 0.876. The molecule has 0 saturated carbocycles. The van der Waals surface area contributed by atoms with Crippen molar-refractivity contribution in [1.82, 2.24) is 10.2 Å². The zero-order chi connectivity index (χ0) is 12.3. The predicted octanol–water partition coefficient (Wildman–Crippen LogP) is 2.34. The summed E-state index contributed by atoms with van der Waals surface area (Å²) in [6, 6.07) is 6.88. The van der Waals surface area contributed by atoms with Crippen LogP contribution in [0, 0.1) is 0 Å². The number of rotatable bonds is 4. The maximum Gasteiger partial charge on any atom is 0.354 e. The van der Waals surface area contributed by atoms with Crippen molar-refractivity contribution < 1.29 is 14.6 Å². The molecule has 0 unspecified atom stereocenters. The number of carbonyl (C=O) groups is 1. The Bertz CT molecular complexity index is 539. The highest BCUT2D eigenvalue weighted by atomic mass is 35.5. The molecular formula is C11H9ClN2O3. The highest BCUT2D eigenvalue weighted by Crippen LogP contribution is 2.18. The summed E-state index contributed by atoms with van der Waals surface area (Å²) in [5.74, 6) is -0.484. The van der Waals surface area contributed by atoms with Gasteiger partial charge in [0.25, 0.3) is 0 Å². The summed E-state index contributed by atoms with van der Waals surface area (Å²) in [5.41, 5.74) is 0.518. The number of nitrogens with one attached hydrogen (secondary N) is 1. The first-order valence-corrected chi connectivity index (χ1v) is 5.18. The summed E-state index contributed by atoms with van der Waals surface area (Å²) < 4.78 is 5.41. The van der Waals surface area contributed by atoms with E-state index in [1.807, 2.05) is 0 Å². The SMILES string of the molecule is O=C(O)c1[nH]ncc1COc1cccc(Cl)c1. The van der Waals surface area contributed by atoms with E-state index in [9.17, 15) is 4.79 Å². The van der Waals surface area contributed by atoms with E-state index < -0.39 is 5.97 Å². The first kappa shape index (κ1) is 11.5. The third kappa shape index (κ3) is 2.76. The van der Waals surface area contributed by atoms with E-state index in [4.69, 9.17) is 21.4 Å². The Balaban J connectivity index is 2.07. The standard InChI is InChI=1S/C11H9ClN2O3/c12-8-2-1-3-9(4-8)17-6-7-5-13-14-10(7)11(15)16/h1-5H,6H2,(H,13,14)(H,15,16). The van der Waals surface area contributed by atoms with E-state index in [-0.39, 0.29) is 12.3 Å². The molecule has 0 aliphatic rings. The lowest BCUT2D eigenvalue weighted by atomic mass is 10.2. The highest BCUT2D eigenvalue weighted by molar-refractivity contribution is 6.30. The van der Waals surface area contributed by atoms with Crippen LogP contribution in [0.3, 0.4) is 0 Å². The lowest BCUT2D eigenvalue weighted by molar-refractivity contribution is 0.0687. The molecule has 5 nitrogen and oxygen atoms in total. The maximum atomic E-state index is 10.8. The molecular weight excluding hydrogens is 244 g/mol. The van der Waals surface area contributed by atoms with Crippen LogP contribution in [0.15, 0.2) is 30.5 Å². The van der Waals surface area contributed by atoms with E-state index in [2.05, 4.69) is 10.2 Å². The van der Waals surface area contributed by atoms with Crippen LogP contribution >= 0.6 is 11.6 Å². The van der Waals surface area contributed by atoms with Gasteiger partial charge in [-0.1, -0.05) is 17.7 Å². The summed E-state index contributed by atoms with van der Waals surface area (Å²) in [4.78, 5) is 10.8. The number of carboxylic acid groups (broad SMARTS) is 1. The Morgan fingerprint density at radius 1 is 1.53 bits per heavy atom. The number of nitrogens with zero attached hydrogens (tertiary/aromatic N) is 1. The fourth-order valence-electron chi connectivity index (χ4n) is 1.32. The monoisotopic (exact) mass is 252 g/mol. The first-order valence-electron chi connectivity index (χ1n) is 4.80. The van der Waals surface area contributed by atoms with Gasteiger partial charge in [0.1, 0.15) is 18.1 Å². The Hall–Kier alpha value is -2.01. The molecule has 0 radical (unpaired) electrons. The van der Waals surface area contributed by atoms with Crippen LogP contribution < -0.4 is 4.74 Å². The molecule has 0 spiro atoms. The number of H-pyrrole nitrogens is 1. The number of hydrogen-bond donors (Lipinski definition) is 2. The smallest absolute Gasteiger partial charge is 0.354 e. The van der Waals surface area contributed by atoms with Crippen molar-refractivity contribution in [2.24, 2.45) is 0 Å². The van der Waals surface area contributed by atoms with Gasteiger partial charge < -0.3 is 9.84 Å². The Morgan fingerprint density at radius 3 is 3.06 bits per heavy atom. The van der Waals surface area contributed by atoms with E-state index in [1.165, 1.54) is 6.20 Å². The molecule has 0 bridgehead atoms. The van der Waals surface area contributed by atoms with Crippen LogP contribution in [0.1, 0.15) is 16.1 Å². The molecule has 6 heteroatoms. The minimum atomic E-state index is -1.06. The summed E-state index contributed by atoms with van der Waals surface area (Å²) in [6.07, 6.45) is 1.42. The minimum Gasteiger partial charge on any atom is -0.489 e. The number of carboxylic acids is 1. The third-order valence-corrected chi connectivity index (χ3v) is 2.36. The van der Waals surface area contributed by atoms with Crippen molar-refractivity contribution in [2.75, 3.05) is 0 Å². The molecule has 1 aromatic heterocycles. The fraction of sp³-hybridized carbons (Fsp3) is 0.0909. The van der Waals surface area contributed by atoms with Crippen molar-refractivity contribution in [3.05, 3.63) is 46.7 Å². The Kier molecular flexibility index (Phi) is 3.30. The maximum absolute atomic E-state index is 10.8. The summed E-state index contributed by atoms with van der Waals surface area (Å²) in [5, 5.41) is 15.5. The average Bonchev–Trinajstić information content (AvgIpc) is 2.74. The van der Waals surface area contributed by atoms with Gasteiger partial charge in [-0.05, 0) is 18.2 Å². The van der Waals surface area contributed by atoms with Crippen molar-refractivity contribution in [3.8, 4) is 5.75 Å². The van der Waals surface area contributed by atoms with Gasteiger partial charge in [0, 0.05) is 10.6 Å². The molecule has 0 saturated heterocycles. The van der Waals surface area contributed by atoms with E-state index in [1.54, 1.807) is 24.3 Å². The summed E-state index contributed by atoms with van der Waals surface area (Å²) >= 11 is 5.79. The van der Waals surface area contributed by atoms with E-state index in [0.717, 1.165) is 0 Å². The van der Waals surface area contributed by atoms with Crippen LogP contribution in [0.4, 0.5) is 0 Å². The van der Waals surface area contributed by atoms with Crippen molar-refractivity contribution in [3.63, 3.8) is 0 Å². The number of aromatic nitrogens is 2. The number of aromatic carboxylic acids is 1. The molecule has 2 aromatic rings. The highest BCUT2D eigenvalue weighted by Gasteiger charge is 2.12. The normalized spacial score (nSPS) is 10.2. The van der Waals surface area contributed by atoms with Gasteiger partial charge in [0.2, 0.25) is 0 Å². The molecule has 17 heavy (non-hydrogen) atoms. The van der Waals surface area contributed by atoms with Crippen molar-refractivity contribution in [2.45, 2.75) is 6.61 Å². The molecule has 0 atom stereocenters. The second-order valence-electron chi connectivity index (χ2n) is 3.32. The van der Waals surface area contributed by atoms with Crippen LogP contribution in [-0.4, -0.2) is 21.3 Å². The molecule has 0 aliphatic carbocycles. The summed E-state index contributed by atoms with van der Waals surface area (Å²) in [6.45, 7) is 0.123. The number of hydrogen-bond acceptors (Lipinski definition) is 3. The molecule has 1 heterocycles. The first-order chi connectivity index (χ1) is 8.16. The van der Waals surface area contributed by atoms with Gasteiger partial charge in [-0.25, -0.2) is 4.79 Å². The fourth-order valence-corrected chi connectivity index (χ4v) is 1.50. The third-order valence-electron chi connectivity index (χ3n) is 2.12. The van der Waals surface area contributed by atoms with Gasteiger partial charge >= 0.3 is 5.97 Å². The molecule has 2 N–H and O–H groups in total. The molecule has 0 aliphatic heterocycles. The lowest BCUT2D eigenvalue weighted by Gasteiger charge is -2.05. The number of aromatic amines is 1. The molecule has 88 valence electrons. The van der Waals surface area contributed by atoms with Crippen LogP contribution in [-0.2, 0) is 6.61 Å². The number of benzene rings is 1. The minimum absolute atomic E-state index is 0.0343. The van der Waals surface area contributed by atoms with Gasteiger partial charge in [-0.2, -0.15) is 5.10 Å². The largest absolute Gasteiger partial charge is 0.489 e. The van der Waals surface area contributed by atoms with Gasteiger partial charge in [-0.3, -0.25) is 5.10 Å².